The van der Waals surface area contributed by atoms with E-state index in [1.54, 1.807) is 6.08 Å². The summed E-state index contributed by atoms with van der Waals surface area (Å²) in [6.45, 7) is 3.44. The SMILES string of the molecule is C=C/C=C/N1C(=O)CCC1=O. The minimum absolute atomic E-state index is 0.131. The van der Waals surface area contributed by atoms with Crippen molar-refractivity contribution in [2.75, 3.05) is 0 Å². The zero-order chi connectivity index (χ0) is 8.27. The van der Waals surface area contributed by atoms with Crippen molar-refractivity contribution in [2.45, 2.75) is 12.8 Å². The third-order valence-electron chi connectivity index (χ3n) is 1.46. The highest BCUT2D eigenvalue weighted by Crippen LogP contribution is 2.11. The van der Waals surface area contributed by atoms with Crippen LogP contribution in [0.5, 0.6) is 0 Å². The molecule has 11 heavy (non-hydrogen) atoms. The molecule has 1 aliphatic rings. The summed E-state index contributed by atoms with van der Waals surface area (Å²) in [6.07, 6.45) is 5.21. The van der Waals surface area contributed by atoms with Crippen LogP contribution in [0.1, 0.15) is 12.8 Å². The van der Waals surface area contributed by atoms with E-state index >= 15 is 0 Å². The maximum absolute atomic E-state index is 10.9. The van der Waals surface area contributed by atoms with E-state index in [1.807, 2.05) is 0 Å². The van der Waals surface area contributed by atoms with Crippen LogP contribution in [0, 0.1) is 0 Å². The summed E-state index contributed by atoms with van der Waals surface area (Å²) < 4.78 is 0. The number of carbonyl (C=O) groups is 2. The van der Waals surface area contributed by atoms with Crippen molar-refractivity contribution < 1.29 is 9.59 Å². The van der Waals surface area contributed by atoms with Crippen LogP contribution in [0.15, 0.2) is 24.9 Å². The normalized spacial score (nSPS) is 18.4. The molecule has 1 fully saturated rings. The van der Waals surface area contributed by atoms with Crippen molar-refractivity contribution in [2.24, 2.45) is 0 Å². The topological polar surface area (TPSA) is 37.4 Å². The Hall–Kier alpha value is -1.38. The van der Waals surface area contributed by atoms with Crippen LogP contribution in [-0.4, -0.2) is 16.7 Å². The van der Waals surface area contributed by atoms with Gasteiger partial charge in [0.1, 0.15) is 0 Å². The summed E-state index contributed by atoms with van der Waals surface area (Å²) in [5.41, 5.74) is 0. The molecule has 0 spiro atoms. The average molecular weight is 151 g/mol. The number of imide groups is 1. The molecule has 3 nitrogen and oxygen atoms in total. The summed E-state index contributed by atoms with van der Waals surface area (Å²) in [5.74, 6) is -0.263. The molecule has 3 heteroatoms. The minimum atomic E-state index is -0.131. The highest BCUT2D eigenvalue weighted by atomic mass is 16.2. The Morgan fingerprint density at radius 1 is 1.27 bits per heavy atom. The maximum Gasteiger partial charge on any atom is 0.233 e. The number of nitrogens with zero attached hydrogens (tertiary/aromatic N) is 1. The van der Waals surface area contributed by atoms with Gasteiger partial charge in [-0.15, -0.1) is 0 Å². The molecular weight excluding hydrogens is 142 g/mol. The van der Waals surface area contributed by atoms with Gasteiger partial charge < -0.3 is 0 Å². The Morgan fingerprint density at radius 2 is 1.82 bits per heavy atom. The second-order valence-corrected chi connectivity index (χ2v) is 2.23. The molecule has 0 unspecified atom stereocenters. The molecule has 0 radical (unpaired) electrons. The largest absolute Gasteiger partial charge is 0.274 e. The average Bonchev–Trinajstić information content (AvgIpc) is 2.29. The molecule has 0 aromatic heterocycles. The van der Waals surface area contributed by atoms with Gasteiger partial charge in [-0.05, 0) is 6.08 Å². The van der Waals surface area contributed by atoms with Gasteiger partial charge in [0.25, 0.3) is 0 Å². The van der Waals surface area contributed by atoms with E-state index in [1.165, 1.54) is 12.3 Å². The number of carbonyl (C=O) groups excluding carboxylic acids is 2. The quantitative estimate of drug-likeness (QED) is 0.433. The highest BCUT2D eigenvalue weighted by molar-refractivity contribution is 6.02. The van der Waals surface area contributed by atoms with E-state index in [-0.39, 0.29) is 11.8 Å². The van der Waals surface area contributed by atoms with Gasteiger partial charge in [0.05, 0.1) is 0 Å². The standard InChI is InChI=1S/C8H9NO2/c1-2-3-6-9-7(10)4-5-8(9)11/h2-3,6H,1,4-5H2/b6-3+. The molecule has 1 heterocycles. The van der Waals surface area contributed by atoms with Crippen LogP contribution in [0.3, 0.4) is 0 Å². The number of hydrogen-bond acceptors (Lipinski definition) is 2. The molecule has 0 N–H and O–H groups in total. The van der Waals surface area contributed by atoms with Crippen LogP contribution in [0.25, 0.3) is 0 Å². The Labute approximate surface area is 65.0 Å². The Morgan fingerprint density at radius 3 is 2.27 bits per heavy atom. The minimum Gasteiger partial charge on any atom is -0.274 e. The Bertz CT molecular complexity index is 214. The number of hydrogen-bond donors (Lipinski definition) is 0. The molecule has 1 saturated heterocycles. The van der Waals surface area contributed by atoms with Gasteiger partial charge in [-0.1, -0.05) is 12.7 Å². The summed E-state index contributed by atoms with van der Waals surface area (Å²) in [5, 5.41) is 0. The zero-order valence-electron chi connectivity index (χ0n) is 6.12. The van der Waals surface area contributed by atoms with Gasteiger partial charge in [0.2, 0.25) is 11.8 Å². The lowest BCUT2D eigenvalue weighted by Gasteiger charge is -2.04. The van der Waals surface area contributed by atoms with Gasteiger partial charge in [-0.2, -0.15) is 0 Å². The maximum atomic E-state index is 10.9. The van der Waals surface area contributed by atoms with Crippen molar-refractivity contribution >= 4 is 11.8 Å². The van der Waals surface area contributed by atoms with E-state index < -0.39 is 0 Å². The number of likely N-dealkylation sites (tertiary alicyclic amines) is 1. The first-order chi connectivity index (χ1) is 5.25. The fourth-order valence-electron chi connectivity index (χ4n) is 0.907. The lowest BCUT2D eigenvalue weighted by molar-refractivity contribution is -0.135. The Balaban J connectivity index is 2.68. The van der Waals surface area contributed by atoms with Gasteiger partial charge in [-0.3, -0.25) is 14.5 Å². The van der Waals surface area contributed by atoms with E-state index in [4.69, 9.17) is 0 Å². The van der Waals surface area contributed by atoms with Crippen molar-refractivity contribution in [1.29, 1.82) is 0 Å². The second-order valence-electron chi connectivity index (χ2n) is 2.23. The van der Waals surface area contributed by atoms with Crippen molar-refractivity contribution in [3.8, 4) is 0 Å². The van der Waals surface area contributed by atoms with E-state index in [0.29, 0.717) is 12.8 Å². The van der Waals surface area contributed by atoms with Crippen molar-refractivity contribution in [1.82, 2.24) is 4.90 Å². The van der Waals surface area contributed by atoms with Gasteiger partial charge in [0.15, 0.2) is 0 Å². The molecule has 1 aliphatic heterocycles. The number of rotatable bonds is 2. The summed E-state index contributed by atoms with van der Waals surface area (Å²) in [6, 6.07) is 0. The smallest absolute Gasteiger partial charge is 0.233 e. The van der Waals surface area contributed by atoms with Crippen LogP contribution < -0.4 is 0 Å². The predicted molar refractivity (Wildman–Crippen MR) is 40.4 cm³/mol. The fraction of sp³-hybridized carbons (Fsp3) is 0.250. The number of allylic oxidation sites excluding steroid dienone is 2. The van der Waals surface area contributed by atoms with Crippen LogP contribution >= 0.6 is 0 Å². The van der Waals surface area contributed by atoms with Crippen LogP contribution in [0.4, 0.5) is 0 Å². The molecule has 58 valence electrons. The molecule has 2 amide bonds. The first kappa shape index (κ1) is 7.72. The molecule has 1 rings (SSSR count). The van der Waals surface area contributed by atoms with E-state index in [0.717, 1.165) is 4.90 Å². The van der Waals surface area contributed by atoms with E-state index in [9.17, 15) is 9.59 Å². The monoisotopic (exact) mass is 151 g/mol. The fourth-order valence-corrected chi connectivity index (χ4v) is 0.907. The van der Waals surface area contributed by atoms with Crippen LogP contribution in [-0.2, 0) is 9.59 Å². The lowest BCUT2D eigenvalue weighted by Crippen LogP contribution is -2.22. The van der Waals surface area contributed by atoms with E-state index in [2.05, 4.69) is 6.58 Å². The summed E-state index contributed by atoms with van der Waals surface area (Å²) in [4.78, 5) is 22.9. The number of amides is 2. The van der Waals surface area contributed by atoms with Crippen LogP contribution in [0.2, 0.25) is 0 Å². The molecular formula is C8H9NO2. The summed E-state index contributed by atoms with van der Waals surface area (Å²) in [7, 11) is 0. The predicted octanol–water partition coefficient (Wildman–Crippen LogP) is 0.835. The zero-order valence-corrected chi connectivity index (χ0v) is 6.12. The highest BCUT2D eigenvalue weighted by Gasteiger charge is 2.26. The first-order valence-electron chi connectivity index (χ1n) is 3.40. The first-order valence-corrected chi connectivity index (χ1v) is 3.40. The molecule has 0 aromatic rings. The molecule has 0 saturated carbocycles. The third-order valence-corrected chi connectivity index (χ3v) is 1.46. The third kappa shape index (κ3) is 1.55. The molecule has 0 aromatic carbocycles. The van der Waals surface area contributed by atoms with Gasteiger partial charge >= 0.3 is 0 Å². The molecule has 0 bridgehead atoms. The Kier molecular flexibility index (Phi) is 2.21. The molecule has 0 atom stereocenters. The second kappa shape index (κ2) is 3.14. The molecule has 0 aliphatic carbocycles. The lowest BCUT2D eigenvalue weighted by atomic mass is 10.4. The van der Waals surface area contributed by atoms with Gasteiger partial charge in [0, 0.05) is 19.0 Å². The summed E-state index contributed by atoms with van der Waals surface area (Å²) >= 11 is 0. The van der Waals surface area contributed by atoms with Gasteiger partial charge in [-0.25, -0.2) is 0 Å². The van der Waals surface area contributed by atoms with Crippen molar-refractivity contribution in [3.05, 3.63) is 24.9 Å². The van der Waals surface area contributed by atoms with Crippen molar-refractivity contribution in [3.63, 3.8) is 0 Å².